The fourth-order valence-electron chi connectivity index (χ4n) is 0.580. The predicted octanol–water partition coefficient (Wildman–Crippen LogP) is 3.64. The van der Waals surface area contributed by atoms with E-state index in [2.05, 4.69) is 34.6 Å². The van der Waals surface area contributed by atoms with Gasteiger partial charge in [0, 0.05) is 5.25 Å². The van der Waals surface area contributed by atoms with Gasteiger partial charge in [0.2, 0.25) is 0 Å². The molecular formula is C9H20OS. The minimum absolute atomic E-state index is 0.0783. The Labute approximate surface area is 75.1 Å². The molecule has 0 radical (unpaired) electrons. The zero-order valence-corrected chi connectivity index (χ0v) is 9.12. The van der Waals surface area contributed by atoms with Crippen molar-refractivity contribution < 1.29 is 4.18 Å². The van der Waals surface area contributed by atoms with Crippen molar-refractivity contribution >= 4 is 12.0 Å². The molecule has 0 spiro atoms. The number of hydrogen-bond donors (Lipinski definition) is 0. The lowest BCUT2D eigenvalue weighted by molar-refractivity contribution is 0.107. The van der Waals surface area contributed by atoms with E-state index < -0.39 is 0 Å². The molecule has 68 valence electrons. The van der Waals surface area contributed by atoms with Crippen LogP contribution in [0.5, 0.6) is 0 Å². The summed E-state index contributed by atoms with van der Waals surface area (Å²) in [5.41, 5.74) is 0.0783. The Kier molecular flexibility index (Phi) is 5.19. The Balaban J connectivity index is 3.69. The highest BCUT2D eigenvalue weighted by Crippen LogP contribution is 2.27. The van der Waals surface area contributed by atoms with Crippen molar-refractivity contribution in [2.75, 3.05) is 0 Å². The third kappa shape index (κ3) is 4.70. The lowest BCUT2D eigenvalue weighted by Crippen LogP contribution is -2.24. The van der Waals surface area contributed by atoms with Gasteiger partial charge in [-0.25, -0.2) is 0 Å². The normalized spacial score (nSPS) is 12.5. The second-order valence-electron chi connectivity index (χ2n) is 3.39. The molecule has 0 aromatic carbocycles. The first-order chi connectivity index (χ1) is 5.04. The largest absolute Gasteiger partial charge is 0.309 e. The fourth-order valence-corrected chi connectivity index (χ4v) is 1.24. The molecule has 0 aromatic rings. The lowest BCUT2D eigenvalue weighted by Gasteiger charge is -2.26. The zero-order valence-electron chi connectivity index (χ0n) is 8.31. The van der Waals surface area contributed by atoms with Gasteiger partial charge in [-0.1, -0.05) is 27.7 Å². The van der Waals surface area contributed by atoms with E-state index in [-0.39, 0.29) is 5.60 Å². The summed E-state index contributed by atoms with van der Waals surface area (Å²) >= 11 is 1.59. The van der Waals surface area contributed by atoms with E-state index in [0.717, 1.165) is 12.8 Å². The second-order valence-corrected chi connectivity index (χ2v) is 4.69. The summed E-state index contributed by atoms with van der Waals surface area (Å²) in [6, 6.07) is 0. The van der Waals surface area contributed by atoms with Crippen molar-refractivity contribution in [2.45, 2.75) is 58.3 Å². The van der Waals surface area contributed by atoms with Crippen molar-refractivity contribution in [3.8, 4) is 0 Å². The quantitative estimate of drug-likeness (QED) is 0.591. The third-order valence-electron chi connectivity index (χ3n) is 1.94. The molecular weight excluding hydrogens is 156 g/mol. The molecule has 2 heteroatoms. The molecule has 0 amide bonds. The molecule has 0 saturated heterocycles. The van der Waals surface area contributed by atoms with Crippen molar-refractivity contribution in [3.05, 3.63) is 0 Å². The van der Waals surface area contributed by atoms with E-state index in [1.54, 1.807) is 12.0 Å². The van der Waals surface area contributed by atoms with Crippen LogP contribution in [0.25, 0.3) is 0 Å². The SMILES string of the molecule is CCC(C)(CC)OSC(C)C. The molecule has 0 N–H and O–H groups in total. The van der Waals surface area contributed by atoms with E-state index in [1.165, 1.54) is 0 Å². The van der Waals surface area contributed by atoms with Gasteiger partial charge >= 0.3 is 0 Å². The van der Waals surface area contributed by atoms with Crippen molar-refractivity contribution in [3.63, 3.8) is 0 Å². The van der Waals surface area contributed by atoms with Gasteiger partial charge in [-0.3, -0.25) is 0 Å². The molecule has 0 aliphatic heterocycles. The van der Waals surface area contributed by atoms with Crippen LogP contribution in [0.2, 0.25) is 0 Å². The monoisotopic (exact) mass is 176 g/mol. The maximum absolute atomic E-state index is 5.71. The van der Waals surface area contributed by atoms with E-state index in [4.69, 9.17) is 4.18 Å². The van der Waals surface area contributed by atoms with Gasteiger partial charge in [0.25, 0.3) is 0 Å². The first kappa shape index (κ1) is 11.3. The summed E-state index contributed by atoms with van der Waals surface area (Å²) in [5.74, 6) is 0. The Morgan fingerprint density at radius 1 is 1.27 bits per heavy atom. The molecule has 0 aliphatic carbocycles. The van der Waals surface area contributed by atoms with Crippen molar-refractivity contribution in [2.24, 2.45) is 0 Å². The highest BCUT2D eigenvalue weighted by atomic mass is 32.2. The summed E-state index contributed by atoms with van der Waals surface area (Å²) in [4.78, 5) is 0. The van der Waals surface area contributed by atoms with Crippen LogP contribution in [0.4, 0.5) is 0 Å². The maximum atomic E-state index is 5.71. The fraction of sp³-hybridized carbons (Fsp3) is 1.00. The van der Waals surface area contributed by atoms with Gasteiger partial charge in [0.05, 0.1) is 5.60 Å². The smallest absolute Gasteiger partial charge is 0.0796 e. The molecule has 0 rings (SSSR count). The van der Waals surface area contributed by atoms with Crippen LogP contribution in [-0.4, -0.2) is 10.9 Å². The second kappa shape index (κ2) is 5.04. The van der Waals surface area contributed by atoms with Crippen LogP contribution in [0, 0.1) is 0 Å². The molecule has 0 aromatic heterocycles. The standard InChI is InChI=1S/C9H20OS/c1-6-9(5,7-2)10-11-8(3)4/h8H,6-7H2,1-5H3. The van der Waals surface area contributed by atoms with Crippen LogP contribution < -0.4 is 0 Å². The Hall–Kier alpha value is 0.310. The maximum Gasteiger partial charge on any atom is 0.0796 e. The Bertz CT molecular complexity index is 97.7. The van der Waals surface area contributed by atoms with Gasteiger partial charge in [0.1, 0.15) is 0 Å². The average molecular weight is 176 g/mol. The first-order valence-corrected chi connectivity index (χ1v) is 5.19. The Morgan fingerprint density at radius 3 is 2.00 bits per heavy atom. The third-order valence-corrected chi connectivity index (χ3v) is 2.82. The number of hydrogen-bond acceptors (Lipinski definition) is 2. The molecule has 0 saturated carbocycles. The van der Waals surface area contributed by atoms with Crippen LogP contribution in [0.1, 0.15) is 47.5 Å². The van der Waals surface area contributed by atoms with E-state index in [0.29, 0.717) is 5.25 Å². The minimum atomic E-state index is 0.0783. The molecule has 0 fully saturated rings. The summed E-state index contributed by atoms with van der Waals surface area (Å²) in [6.45, 7) is 10.8. The van der Waals surface area contributed by atoms with E-state index >= 15 is 0 Å². The van der Waals surface area contributed by atoms with E-state index in [9.17, 15) is 0 Å². The highest BCUT2D eigenvalue weighted by molar-refractivity contribution is 7.95. The molecule has 0 atom stereocenters. The molecule has 11 heavy (non-hydrogen) atoms. The summed E-state index contributed by atoms with van der Waals surface area (Å²) in [5, 5.41) is 0.562. The minimum Gasteiger partial charge on any atom is -0.309 e. The molecule has 0 heterocycles. The van der Waals surface area contributed by atoms with Gasteiger partial charge in [-0.2, -0.15) is 0 Å². The van der Waals surface area contributed by atoms with Gasteiger partial charge in [-0.15, -0.1) is 0 Å². The van der Waals surface area contributed by atoms with Gasteiger partial charge in [-0.05, 0) is 31.8 Å². The summed E-state index contributed by atoms with van der Waals surface area (Å²) < 4.78 is 5.71. The Morgan fingerprint density at radius 2 is 1.73 bits per heavy atom. The van der Waals surface area contributed by atoms with Crippen molar-refractivity contribution in [1.29, 1.82) is 0 Å². The molecule has 0 aliphatic rings. The molecule has 1 nitrogen and oxygen atoms in total. The average Bonchev–Trinajstić information content (AvgIpc) is 2.00. The first-order valence-electron chi connectivity index (χ1n) is 4.38. The van der Waals surface area contributed by atoms with Crippen LogP contribution in [-0.2, 0) is 4.18 Å². The summed E-state index contributed by atoms with van der Waals surface area (Å²) in [6.07, 6.45) is 2.17. The topological polar surface area (TPSA) is 9.23 Å². The predicted molar refractivity (Wildman–Crippen MR) is 52.8 cm³/mol. The van der Waals surface area contributed by atoms with Crippen LogP contribution in [0.15, 0.2) is 0 Å². The lowest BCUT2D eigenvalue weighted by atomic mass is 10.0. The van der Waals surface area contributed by atoms with Gasteiger partial charge in [0.15, 0.2) is 0 Å². The zero-order chi connectivity index (χ0) is 8.91. The van der Waals surface area contributed by atoms with Crippen LogP contribution in [0.3, 0.4) is 0 Å². The molecule has 0 bridgehead atoms. The molecule has 0 unspecified atom stereocenters. The van der Waals surface area contributed by atoms with Crippen LogP contribution >= 0.6 is 12.0 Å². The number of rotatable bonds is 5. The summed E-state index contributed by atoms with van der Waals surface area (Å²) in [7, 11) is 0. The van der Waals surface area contributed by atoms with E-state index in [1.807, 2.05) is 0 Å². The van der Waals surface area contributed by atoms with Gasteiger partial charge < -0.3 is 4.18 Å². The van der Waals surface area contributed by atoms with Crippen molar-refractivity contribution in [1.82, 2.24) is 0 Å². The highest BCUT2D eigenvalue weighted by Gasteiger charge is 2.21.